The first-order valence-corrected chi connectivity index (χ1v) is 6.67. The van der Waals surface area contributed by atoms with Gasteiger partial charge in [0.15, 0.2) is 0 Å². The highest BCUT2D eigenvalue weighted by molar-refractivity contribution is 6.35. The Morgan fingerprint density at radius 1 is 1.24 bits per heavy atom. The lowest BCUT2D eigenvalue weighted by atomic mass is 9.90. The first kappa shape index (κ1) is 11.1. The van der Waals surface area contributed by atoms with Crippen LogP contribution in [-0.2, 0) is 6.42 Å². The van der Waals surface area contributed by atoms with Gasteiger partial charge < -0.3 is 10.3 Å². The summed E-state index contributed by atoms with van der Waals surface area (Å²) in [6.07, 6.45) is 5.59. The topological polar surface area (TPSA) is 27.8 Å². The SMILES string of the molecule is Clc1c[nH]c2cccc(CC3CCNCC3)c12. The number of H-pyrrole nitrogens is 1. The number of rotatable bonds is 2. The first-order chi connectivity index (χ1) is 8.34. The Hall–Kier alpha value is -0.990. The molecule has 1 aromatic heterocycles. The highest BCUT2D eigenvalue weighted by Crippen LogP contribution is 2.29. The zero-order chi connectivity index (χ0) is 11.7. The molecule has 0 amide bonds. The summed E-state index contributed by atoms with van der Waals surface area (Å²) in [6, 6.07) is 6.42. The van der Waals surface area contributed by atoms with Crippen molar-refractivity contribution >= 4 is 22.5 Å². The largest absolute Gasteiger partial charge is 0.360 e. The number of halogens is 1. The highest BCUT2D eigenvalue weighted by atomic mass is 35.5. The quantitative estimate of drug-likeness (QED) is 0.838. The summed E-state index contributed by atoms with van der Waals surface area (Å²) >= 11 is 6.25. The van der Waals surface area contributed by atoms with Crippen molar-refractivity contribution in [3.63, 3.8) is 0 Å². The van der Waals surface area contributed by atoms with Crippen molar-refractivity contribution in [2.75, 3.05) is 13.1 Å². The second kappa shape index (κ2) is 4.71. The molecule has 1 aliphatic rings. The normalized spacial score (nSPS) is 17.7. The summed E-state index contributed by atoms with van der Waals surface area (Å²) in [5, 5.41) is 5.48. The van der Waals surface area contributed by atoms with E-state index in [-0.39, 0.29) is 0 Å². The fraction of sp³-hybridized carbons (Fsp3) is 0.429. The van der Waals surface area contributed by atoms with Crippen molar-refractivity contribution in [1.29, 1.82) is 0 Å². The Bertz CT molecular complexity index is 512. The van der Waals surface area contributed by atoms with Gasteiger partial charge in [0.2, 0.25) is 0 Å². The molecule has 1 fully saturated rings. The van der Waals surface area contributed by atoms with Crippen molar-refractivity contribution in [1.82, 2.24) is 10.3 Å². The number of hydrogen-bond donors (Lipinski definition) is 2. The van der Waals surface area contributed by atoms with Gasteiger partial charge in [0.05, 0.1) is 5.02 Å². The molecule has 0 unspecified atom stereocenters. The fourth-order valence-electron chi connectivity index (χ4n) is 2.78. The summed E-state index contributed by atoms with van der Waals surface area (Å²) in [7, 11) is 0. The third kappa shape index (κ3) is 2.20. The van der Waals surface area contributed by atoms with Gasteiger partial charge in [-0.15, -0.1) is 0 Å². The number of fused-ring (bicyclic) bond motifs is 1. The van der Waals surface area contributed by atoms with Gasteiger partial charge in [-0.3, -0.25) is 0 Å². The smallest absolute Gasteiger partial charge is 0.0661 e. The molecule has 0 radical (unpaired) electrons. The molecule has 0 bridgehead atoms. The van der Waals surface area contributed by atoms with E-state index in [2.05, 4.69) is 28.5 Å². The maximum atomic E-state index is 6.25. The minimum atomic E-state index is 0.799. The fourth-order valence-corrected chi connectivity index (χ4v) is 3.06. The van der Waals surface area contributed by atoms with Crippen molar-refractivity contribution in [3.8, 4) is 0 Å². The molecule has 3 heteroatoms. The predicted octanol–water partition coefficient (Wildman–Crippen LogP) is 3.36. The molecular weight excluding hydrogens is 232 g/mol. The van der Waals surface area contributed by atoms with Crippen LogP contribution in [0.15, 0.2) is 24.4 Å². The van der Waals surface area contributed by atoms with Crippen molar-refractivity contribution in [2.24, 2.45) is 5.92 Å². The summed E-state index contributed by atoms with van der Waals surface area (Å²) in [6.45, 7) is 2.31. The van der Waals surface area contributed by atoms with E-state index < -0.39 is 0 Å². The van der Waals surface area contributed by atoms with E-state index in [0.29, 0.717) is 0 Å². The van der Waals surface area contributed by atoms with E-state index in [4.69, 9.17) is 11.6 Å². The second-order valence-electron chi connectivity index (χ2n) is 4.87. The highest BCUT2D eigenvalue weighted by Gasteiger charge is 2.16. The van der Waals surface area contributed by atoms with Gasteiger partial charge in [0.25, 0.3) is 0 Å². The average Bonchev–Trinajstić information content (AvgIpc) is 2.74. The number of nitrogens with one attached hydrogen (secondary N) is 2. The molecule has 90 valence electrons. The molecule has 2 aromatic rings. The minimum absolute atomic E-state index is 0.799. The molecule has 0 saturated carbocycles. The Morgan fingerprint density at radius 3 is 2.88 bits per heavy atom. The van der Waals surface area contributed by atoms with Crippen molar-refractivity contribution in [3.05, 3.63) is 35.0 Å². The van der Waals surface area contributed by atoms with Crippen LogP contribution in [0.25, 0.3) is 10.9 Å². The van der Waals surface area contributed by atoms with Crippen LogP contribution >= 0.6 is 11.6 Å². The van der Waals surface area contributed by atoms with Gasteiger partial charge >= 0.3 is 0 Å². The summed E-state index contributed by atoms with van der Waals surface area (Å²) in [5.74, 6) is 0.799. The van der Waals surface area contributed by atoms with Gasteiger partial charge in [-0.25, -0.2) is 0 Å². The molecule has 1 saturated heterocycles. The van der Waals surface area contributed by atoms with E-state index in [1.165, 1.54) is 23.8 Å². The van der Waals surface area contributed by atoms with Gasteiger partial charge in [0.1, 0.15) is 0 Å². The van der Waals surface area contributed by atoms with Gasteiger partial charge in [0, 0.05) is 17.1 Å². The maximum absolute atomic E-state index is 6.25. The van der Waals surface area contributed by atoms with Crippen LogP contribution in [0.1, 0.15) is 18.4 Å². The van der Waals surface area contributed by atoms with E-state index in [1.807, 2.05) is 6.20 Å². The van der Waals surface area contributed by atoms with E-state index in [9.17, 15) is 0 Å². The molecule has 1 aromatic carbocycles. The van der Waals surface area contributed by atoms with Crippen LogP contribution in [0.5, 0.6) is 0 Å². The number of aromatic nitrogens is 1. The lowest BCUT2D eigenvalue weighted by molar-refractivity contribution is 0.373. The van der Waals surface area contributed by atoms with E-state index >= 15 is 0 Å². The Labute approximate surface area is 106 Å². The molecule has 0 spiro atoms. The van der Waals surface area contributed by atoms with Crippen LogP contribution in [0.2, 0.25) is 5.02 Å². The standard InChI is InChI=1S/C14H17ClN2/c15-12-9-17-13-3-1-2-11(14(12)13)8-10-4-6-16-7-5-10/h1-3,9-10,16-17H,4-8H2. The minimum Gasteiger partial charge on any atom is -0.360 e. The molecule has 3 rings (SSSR count). The van der Waals surface area contributed by atoms with Crippen LogP contribution < -0.4 is 5.32 Å². The molecular formula is C14H17ClN2. The van der Waals surface area contributed by atoms with E-state index in [1.54, 1.807) is 0 Å². The molecule has 0 atom stereocenters. The zero-order valence-corrected chi connectivity index (χ0v) is 10.6. The van der Waals surface area contributed by atoms with Crippen molar-refractivity contribution in [2.45, 2.75) is 19.3 Å². The van der Waals surface area contributed by atoms with Gasteiger partial charge in [-0.1, -0.05) is 23.7 Å². The molecule has 0 aliphatic carbocycles. The van der Waals surface area contributed by atoms with Crippen LogP contribution in [0.3, 0.4) is 0 Å². The third-order valence-corrected chi connectivity index (χ3v) is 4.01. The number of piperidine rings is 1. The van der Waals surface area contributed by atoms with Gasteiger partial charge in [-0.05, 0) is 49.9 Å². The molecule has 2 N–H and O–H groups in total. The third-order valence-electron chi connectivity index (χ3n) is 3.71. The zero-order valence-electron chi connectivity index (χ0n) is 9.80. The molecule has 2 heterocycles. The lowest BCUT2D eigenvalue weighted by Gasteiger charge is -2.22. The first-order valence-electron chi connectivity index (χ1n) is 6.30. The molecule has 2 nitrogen and oxygen atoms in total. The van der Waals surface area contributed by atoms with Crippen LogP contribution in [0, 0.1) is 5.92 Å². The number of benzene rings is 1. The monoisotopic (exact) mass is 248 g/mol. The molecule has 17 heavy (non-hydrogen) atoms. The summed E-state index contributed by atoms with van der Waals surface area (Å²) in [4.78, 5) is 3.22. The summed E-state index contributed by atoms with van der Waals surface area (Å²) < 4.78 is 0. The Balaban J connectivity index is 1.91. The second-order valence-corrected chi connectivity index (χ2v) is 5.28. The molecule has 1 aliphatic heterocycles. The number of hydrogen-bond acceptors (Lipinski definition) is 1. The number of aromatic amines is 1. The predicted molar refractivity (Wildman–Crippen MR) is 72.6 cm³/mol. The van der Waals surface area contributed by atoms with Crippen LogP contribution in [-0.4, -0.2) is 18.1 Å². The van der Waals surface area contributed by atoms with Gasteiger partial charge in [-0.2, -0.15) is 0 Å². The Kier molecular flexibility index (Phi) is 3.08. The van der Waals surface area contributed by atoms with E-state index in [0.717, 1.165) is 36.0 Å². The average molecular weight is 249 g/mol. The summed E-state index contributed by atoms with van der Waals surface area (Å²) in [5.41, 5.74) is 2.54. The Morgan fingerprint density at radius 2 is 2.06 bits per heavy atom. The van der Waals surface area contributed by atoms with Crippen LogP contribution in [0.4, 0.5) is 0 Å². The maximum Gasteiger partial charge on any atom is 0.0661 e. The lowest BCUT2D eigenvalue weighted by Crippen LogP contribution is -2.28. The van der Waals surface area contributed by atoms with Crippen molar-refractivity contribution < 1.29 is 0 Å².